The molecule has 0 aromatic heterocycles. The molecule has 1 atom stereocenters. The summed E-state index contributed by atoms with van der Waals surface area (Å²) in [6.45, 7) is 5.82. The van der Waals surface area contributed by atoms with Crippen LogP contribution in [0.3, 0.4) is 0 Å². The van der Waals surface area contributed by atoms with Gasteiger partial charge in [-0.2, -0.15) is 0 Å². The van der Waals surface area contributed by atoms with Gasteiger partial charge in [0.15, 0.2) is 0 Å². The molecule has 0 bridgehead atoms. The van der Waals surface area contributed by atoms with Crippen molar-refractivity contribution < 1.29 is 19.8 Å². The third-order valence-electron chi connectivity index (χ3n) is 3.63. The van der Waals surface area contributed by atoms with Gasteiger partial charge in [-0.05, 0) is 39.3 Å². The number of hydrogen-bond donors (Lipinski definition) is 4. The Labute approximate surface area is 125 Å². The molecule has 21 heavy (non-hydrogen) atoms. The fourth-order valence-electron chi connectivity index (χ4n) is 2.57. The molecule has 4 N–H and O–H groups in total. The van der Waals surface area contributed by atoms with E-state index in [0.29, 0.717) is 6.54 Å². The molecule has 0 radical (unpaired) electrons. The van der Waals surface area contributed by atoms with Gasteiger partial charge in [0.05, 0.1) is 12.0 Å². The summed E-state index contributed by atoms with van der Waals surface area (Å²) in [5, 5.41) is 24.6. The highest BCUT2D eigenvalue weighted by molar-refractivity contribution is 5.75. The van der Waals surface area contributed by atoms with Gasteiger partial charge < -0.3 is 25.7 Å². The van der Waals surface area contributed by atoms with Gasteiger partial charge in [-0.3, -0.25) is 4.79 Å². The maximum absolute atomic E-state index is 12.3. The summed E-state index contributed by atoms with van der Waals surface area (Å²) in [6, 6.07) is -0.0231. The summed E-state index contributed by atoms with van der Waals surface area (Å²) in [6.07, 6.45) is 2.30. The van der Waals surface area contributed by atoms with E-state index in [4.69, 9.17) is 5.11 Å². The first-order valence-electron chi connectivity index (χ1n) is 7.55. The first-order chi connectivity index (χ1) is 9.85. The predicted octanol–water partition coefficient (Wildman–Crippen LogP) is 0.386. The largest absolute Gasteiger partial charge is 0.481 e. The zero-order chi connectivity index (χ0) is 15.9. The first kappa shape index (κ1) is 17.7. The molecule has 1 saturated heterocycles. The Morgan fingerprint density at radius 3 is 2.52 bits per heavy atom. The number of urea groups is 1. The highest BCUT2D eigenvalue weighted by Crippen LogP contribution is 2.13. The van der Waals surface area contributed by atoms with Crippen LogP contribution in [0.15, 0.2) is 0 Å². The van der Waals surface area contributed by atoms with E-state index in [1.165, 1.54) is 6.92 Å². The number of nitrogens with zero attached hydrogens (tertiary/aromatic N) is 1. The minimum absolute atomic E-state index is 0.0662. The van der Waals surface area contributed by atoms with Crippen LogP contribution < -0.4 is 10.6 Å². The number of rotatable bonds is 7. The van der Waals surface area contributed by atoms with Gasteiger partial charge in [0.2, 0.25) is 0 Å². The molecule has 1 rings (SSSR count). The molecule has 1 unspecified atom stereocenters. The lowest BCUT2D eigenvalue weighted by molar-refractivity contribution is -0.141. The van der Waals surface area contributed by atoms with Crippen molar-refractivity contribution >= 4 is 12.0 Å². The van der Waals surface area contributed by atoms with E-state index in [0.717, 1.165) is 32.4 Å². The van der Waals surface area contributed by atoms with Crippen LogP contribution in [0, 0.1) is 0 Å². The Balaban J connectivity index is 2.54. The molecular formula is C14H27N3O4. The summed E-state index contributed by atoms with van der Waals surface area (Å²) < 4.78 is 0. The summed E-state index contributed by atoms with van der Waals surface area (Å²) in [4.78, 5) is 24.8. The number of carbonyl (C=O) groups is 2. The molecule has 2 amide bonds. The smallest absolute Gasteiger partial charge is 0.317 e. The van der Waals surface area contributed by atoms with Crippen LogP contribution in [-0.2, 0) is 4.79 Å². The number of aliphatic hydroxyl groups is 1. The SMILES string of the molecule is CCCN(C(=O)NCC(C)(O)CC(=O)O)C1CCNCC1. The topological polar surface area (TPSA) is 102 Å². The monoisotopic (exact) mass is 301 g/mol. The zero-order valence-electron chi connectivity index (χ0n) is 12.9. The fraction of sp³-hybridized carbons (Fsp3) is 0.857. The second-order valence-electron chi connectivity index (χ2n) is 5.90. The molecule has 1 heterocycles. The lowest BCUT2D eigenvalue weighted by Crippen LogP contribution is -2.53. The molecule has 0 aromatic rings. The normalized spacial score (nSPS) is 18.8. The quantitative estimate of drug-likeness (QED) is 0.545. The third kappa shape index (κ3) is 6.31. The van der Waals surface area contributed by atoms with Crippen LogP contribution in [0.5, 0.6) is 0 Å². The molecular weight excluding hydrogens is 274 g/mol. The summed E-state index contributed by atoms with van der Waals surface area (Å²) in [7, 11) is 0. The number of aliphatic carboxylic acids is 1. The maximum atomic E-state index is 12.3. The molecule has 0 saturated carbocycles. The molecule has 0 aromatic carbocycles. The van der Waals surface area contributed by atoms with Gasteiger partial charge >= 0.3 is 12.0 Å². The van der Waals surface area contributed by atoms with Gasteiger partial charge in [-0.15, -0.1) is 0 Å². The number of amides is 2. The van der Waals surface area contributed by atoms with E-state index >= 15 is 0 Å². The van der Waals surface area contributed by atoms with Crippen LogP contribution in [0.2, 0.25) is 0 Å². The van der Waals surface area contributed by atoms with Gasteiger partial charge in [0, 0.05) is 19.1 Å². The van der Waals surface area contributed by atoms with Crippen LogP contribution in [0.1, 0.15) is 39.5 Å². The molecule has 1 aliphatic rings. The van der Waals surface area contributed by atoms with Crippen molar-refractivity contribution in [1.82, 2.24) is 15.5 Å². The molecule has 1 fully saturated rings. The van der Waals surface area contributed by atoms with Crippen molar-refractivity contribution in [2.24, 2.45) is 0 Å². The second kappa shape index (κ2) is 8.19. The third-order valence-corrected chi connectivity index (χ3v) is 3.63. The van der Waals surface area contributed by atoms with Gasteiger partial charge in [0.25, 0.3) is 0 Å². The Kier molecular flexibility index (Phi) is 6.91. The zero-order valence-corrected chi connectivity index (χ0v) is 12.9. The van der Waals surface area contributed by atoms with Gasteiger partial charge in [-0.1, -0.05) is 6.92 Å². The van der Waals surface area contributed by atoms with Crippen molar-refractivity contribution in [3.8, 4) is 0 Å². The molecule has 0 spiro atoms. The van der Waals surface area contributed by atoms with E-state index in [-0.39, 0.29) is 18.6 Å². The Hall–Kier alpha value is -1.34. The average Bonchev–Trinajstić information content (AvgIpc) is 2.42. The van der Waals surface area contributed by atoms with E-state index < -0.39 is 18.0 Å². The summed E-state index contributed by atoms with van der Waals surface area (Å²) in [5.41, 5.74) is -1.44. The maximum Gasteiger partial charge on any atom is 0.317 e. The van der Waals surface area contributed by atoms with E-state index in [2.05, 4.69) is 10.6 Å². The Bertz CT molecular complexity index is 354. The highest BCUT2D eigenvalue weighted by Gasteiger charge is 2.28. The van der Waals surface area contributed by atoms with Crippen LogP contribution >= 0.6 is 0 Å². The number of carboxylic acid groups (broad SMARTS) is 1. The number of carboxylic acids is 1. The summed E-state index contributed by atoms with van der Waals surface area (Å²) in [5.74, 6) is -1.09. The molecule has 1 aliphatic heterocycles. The van der Waals surface area contributed by atoms with Gasteiger partial charge in [0.1, 0.15) is 0 Å². The Morgan fingerprint density at radius 1 is 1.38 bits per heavy atom. The van der Waals surface area contributed by atoms with E-state index in [9.17, 15) is 14.7 Å². The minimum Gasteiger partial charge on any atom is -0.481 e. The van der Waals surface area contributed by atoms with Crippen LogP contribution in [0.4, 0.5) is 4.79 Å². The second-order valence-corrected chi connectivity index (χ2v) is 5.90. The highest BCUT2D eigenvalue weighted by atomic mass is 16.4. The number of nitrogens with one attached hydrogen (secondary N) is 2. The van der Waals surface area contributed by atoms with Crippen molar-refractivity contribution in [3.63, 3.8) is 0 Å². The summed E-state index contributed by atoms with van der Waals surface area (Å²) >= 11 is 0. The van der Waals surface area contributed by atoms with Crippen LogP contribution in [0.25, 0.3) is 0 Å². The predicted molar refractivity (Wildman–Crippen MR) is 79.2 cm³/mol. The number of hydrogen-bond acceptors (Lipinski definition) is 4. The van der Waals surface area contributed by atoms with Crippen molar-refractivity contribution in [3.05, 3.63) is 0 Å². The van der Waals surface area contributed by atoms with E-state index in [1.807, 2.05) is 6.92 Å². The first-order valence-corrected chi connectivity index (χ1v) is 7.55. The van der Waals surface area contributed by atoms with Crippen molar-refractivity contribution in [2.45, 2.75) is 51.2 Å². The average molecular weight is 301 g/mol. The van der Waals surface area contributed by atoms with E-state index in [1.54, 1.807) is 4.90 Å². The Morgan fingerprint density at radius 2 is 2.00 bits per heavy atom. The number of piperidine rings is 1. The lowest BCUT2D eigenvalue weighted by Gasteiger charge is -2.35. The molecule has 122 valence electrons. The molecule has 7 nitrogen and oxygen atoms in total. The lowest BCUT2D eigenvalue weighted by atomic mass is 10.0. The van der Waals surface area contributed by atoms with Crippen LogP contribution in [-0.4, -0.2) is 64.9 Å². The standard InChI is InChI=1S/C14H27N3O4/c1-3-8-17(11-4-6-15-7-5-11)13(20)16-10-14(2,21)9-12(18)19/h11,15,21H,3-10H2,1-2H3,(H,16,20)(H,18,19). The van der Waals surface area contributed by atoms with Gasteiger partial charge in [-0.25, -0.2) is 4.79 Å². The molecule has 7 heteroatoms. The number of carbonyl (C=O) groups excluding carboxylic acids is 1. The fourth-order valence-corrected chi connectivity index (χ4v) is 2.57. The van der Waals surface area contributed by atoms with Crippen molar-refractivity contribution in [1.29, 1.82) is 0 Å². The minimum atomic E-state index is -1.44. The molecule has 0 aliphatic carbocycles. The van der Waals surface area contributed by atoms with Crippen molar-refractivity contribution in [2.75, 3.05) is 26.2 Å².